The van der Waals surface area contributed by atoms with E-state index in [1.807, 2.05) is 20.8 Å². The molecule has 126 valence electrons. The van der Waals surface area contributed by atoms with E-state index in [4.69, 9.17) is 4.42 Å². The van der Waals surface area contributed by atoms with Crippen LogP contribution in [0.15, 0.2) is 28.9 Å². The maximum absolute atomic E-state index is 13.7. The molecule has 0 aliphatic rings. The highest BCUT2D eigenvalue weighted by molar-refractivity contribution is 7.90. The highest BCUT2D eigenvalue weighted by Crippen LogP contribution is 2.26. The Morgan fingerprint density at radius 3 is 2.48 bits per heavy atom. The maximum Gasteiger partial charge on any atom is 0.255 e. The number of sulfone groups is 1. The summed E-state index contributed by atoms with van der Waals surface area (Å²) in [4.78, 5) is 14.4. The molecule has 1 heterocycles. The van der Waals surface area contributed by atoms with Gasteiger partial charge in [0.25, 0.3) is 5.91 Å². The van der Waals surface area contributed by atoms with Crippen LogP contribution in [0.1, 0.15) is 31.1 Å². The molecule has 0 aliphatic carbocycles. The van der Waals surface area contributed by atoms with Crippen molar-refractivity contribution in [3.8, 4) is 0 Å². The van der Waals surface area contributed by atoms with Crippen LogP contribution in [0.2, 0.25) is 0 Å². The number of nitrogens with zero attached hydrogens (tertiary/aromatic N) is 1. The lowest BCUT2D eigenvalue weighted by Crippen LogP contribution is -2.47. The van der Waals surface area contributed by atoms with E-state index in [1.54, 1.807) is 0 Å². The first-order valence-corrected chi connectivity index (χ1v) is 9.22. The second-order valence-electron chi connectivity index (χ2n) is 6.52. The van der Waals surface area contributed by atoms with Gasteiger partial charge in [-0.25, -0.2) is 12.8 Å². The number of furan rings is 1. The van der Waals surface area contributed by atoms with E-state index in [9.17, 15) is 17.6 Å². The summed E-state index contributed by atoms with van der Waals surface area (Å²) in [5.74, 6) is -1.03. The van der Waals surface area contributed by atoms with Gasteiger partial charge >= 0.3 is 0 Å². The van der Waals surface area contributed by atoms with E-state index >= 15 is 0 Å². The first-order chi connectivity index (χ1) is 10.5. The summed E-state index contributed by atoms with van der Waals surface area (Å²) >= 11 is 0. The lowest BCUT2D eigenvalue weighted by atomic mass is 10.0. The fourth-order valence-corrected chi connectivity index (χ4v) is 2.87. The zero-order valence-corrected chi connectivity index (χ0v) is 14.4. The SMILES string of the molecule is CC(C)(C)N(CCS(C)(=O)=O)C(=O)c1ccc(F)c2occc12. The van der Waals surface area contributed by atoms with Crippen molar-refractivity contribution in [2.45, 2.75) is 26.3 Å². The largest absolute Gasteiger partial charge is 0.461 e. The highest BCUT2D eigenvalue weighted by atomic mass is 32.2. The van der Waals surface area contributed by atoms with E-state index in [0.717, 1.165) is 6.26 Å². The Balaban J connectivity index is 2.44. The number of amides is 1. The van der Waals surface area contributed by atoms with E-state index in [2.05, 4.69) is 0 Å². The molecule has 7 heteroatoms. The third-order valence-electron chi connectivity index (χ3n) is 3.54. The fraction of sp³-hybridized carbons (Fsp3) is 0.438. The lowest BCUT2D eigenvalue weighted by molar-refractivity contribution is 0.0603. The van der Waals surface area contributed by atoms with Gasteiger partial charge in [-0.1, -0.05) is 0 Å². The van der Waals surface area contributed by atoms with Crippen molar-refractivity contribution in [1.29, 1.82) is 0 Å². The normalized spacial score (nSPS) is 12.6. The van der Waals surface area contributed by atoms with E-state index in [0.29, 0.717) is 10.9 Å². The molecule has 0 saturated carbocycles. The average Bonchev–Trinajstić information content (AvgIpc) is 2.86. The third kappa shape index (κ3) is 3.90. The van der Waals surface area contributed by atoms with Crippen LogP contribution in [0.25, 0.3) is 11.0 Å². The lowest BCUT2D eigenvalue weighted by Gasteiger charge is -2.35. The second-order valence-corrected chi connectivity index (χ2v) is 8.78. The molecule has 0 saturated heterocycles. The third-order valence-corrected chi connectivity index (χ3v) is 4.46. The zero-order valence-electron chi connectivity index (χ0n) is 13.6. The van der Waals surface area contributed by atoms with Gasteiger partial charge in [-0.15, -0.1) is 0 Å². The number of carbonyl (C=O) groups is 1. The number of hydrogen-bond donors (Lipinski definition) is 0. The predicted molar refractivity (Wildman–Crippen MR) is 86.7 cm³/mol. The second kappa shape index (κ2) is 5.96. The van der Waals surface area contributed by atoms with E-state index < -0.39 is 21.2 Å². The highest BCUT2D eigenvalue weighted by Gasteiger charge is 2.29. The molecule has 0 aliphatic heterocycles. The van der Waals surface area contributed by atoms with Gasteiger partial charge in [-0.2, -0.15) is 0 Å². The van der Waals surface area contributed by atoms with Crippen molar-refractivity contribution in [3.63, 3.8) is 0 Å². The van der Waals surface area contributed by atoms with Crippen LogP contribution in [0.4, 0.5) is 4.39 Å². The maximum atomic E-state index is 13.7. The Hall–Kier alpha value is -1.89. The molecule has 0 atom stereocenters. The summed E-state index contributed by atoms with van der Waals surface area (Å²) in [5, 5.41) is 0.378. The molecule has 5 nitrogen and oxygen atoms in total. The Morgan fingerprint density at radius 1 is 1.26 bits per heavy atom. The minimum atomic E-state index is -3.21. The number of fused-ring (bicyclic) bond motifs is 1. The molecule has 0 unspecified atom stereocenters. The molecular formula is C16H20FNO4S. The summed E-state index contributed by atoms with van der Waals surface area (Å²) in [7, 11) is -3.21. The first kappa shape index (κ1) is 17.5. The van der Waals surface area contributed by atoms with Gasteiger partial charge in [0.05, 0.1) is 17.6 Å². The molecule has 0 bridgehead atoms. The monoisotopic (exact) mass is 341 g/mol. The molecule has 1 amide bonds. The van der Waals surface area contributed by atoms with Crippen LogP contribution in [-0.4, -0.2) is 43.3 Å². The average molecular weight is 341 g/mol. The predicted octanol–water partition coefficient (Wildman–Crippen LogP) is 2.86. The molecule has 23 heavy (non-hydrogen) atoms. The summed E-state index contributed by atoms with van der Waals surface area (Å²) in [5.41, 5.74) is -0.266. The number of rotatable bonds is 4. The van der Waals surface area contributed by atoms with Crippen LogP contribution in [-0.2, 0) is 9.84 Å². The van der Waals surface area contributed by atoms with Crippen molar-refractivity contribution < 1.29 is 22.0 Å². The van der Waals surface area contributed by atoms with Crippen molar-refractivity contribution in [2.24, 2.45) is 0 Å². The molecule has 0 spiro atoms. The first-order valence-electron chi connectivity index (χ1n) is 7.16. The van der Waals surface area contributed by atoms with Crippen molar-refractivity contribution >= 4 is 26.7 Å². The molecular weight excluding hydrogens is 321 g/mol. The van der Waals surface area contributed by atoms with Gasteiger partial charge in [0, 0.05) is 23.7 Å². The van der Waals surface area contributed by atoms with Crippen LogP contribution in [0.3, 0.4) is 0 Å². The van der Waals surface area contributed by atoms with Crippen LogP contribution < -0.4 is 0 Å². The number of halogens is 1. The Bertz CT molecular complexity index is 833. The van der Waals surface area contributed by atoms with Crippen LogP contribution in [0, 0.1) is 5.82 Å². The van der Waals surface area contributed by atoms with Gasteiger partial charge < -0.3 is 9.32 Å². The molecule has 2 rings (SSSR count). The van der Waals surface area contributed by atoms with Crippen molar-refractivity contribution in [3.05, 3.63) is 35.8 Å². The van der Waals surface area contributed by atoms with Gasteiger partial charge in [0.2, 0.25) is 0 Å². The van der Waals surface area contributed by atoms with E-state index in [1.165, 1.54) is 29.4 Å². The Morgan fingerprint density at radius 2 is 1.91 bits per heavy atom. The van der Waals surface area contributed by atoms with Crippen molar-refractivity contribution in [2.75, 3.05) is 18.6 Å². The summed E-state index contributed by atoms with van der Waals surface area (Å²) in [6.07, 6.45) is 2.45. The van der Waals surface area contributed by atoms with Crippen LogP contribution >= 0.6 is 0 Å². The minimum Gasteiger partial charge on any atom is -0.461 e. The molecule has 0 fully saturated rings. The topological polar surface area (TPSA) is 67.6 Å². The van der Waals surface area contributed by atoms with Gasteiger partial charge in [-0.3, -0.25) is 4.79 Å². The van der Waals surface area contributed by atoms with Gasteiger partial charge in [0.15, 0.2) is 11.4 Å². The number of benzene rings is 1. The summed E-state index contributed by atoms with van der Waals surface area (Å²) < 4.78 is 41.7. The van der Waals surface area contributed by atoms with Gasteiger partial charge in [0.1, 0.15) is 9.84 Å². The Labute approximate surface area is 135 Å². The summed E-state index contributed by atoms with van der Waals surface area (Å²) in [6.45, 7) is 5.54. The standard InChI is InChI=1S/C16H20FNO4S/c1-16(2,3)18(8-10-23(4,20)21)15(19)12-5-6-13(17)14-11(12)7-9-22-14/h5-7,9H,8,10H2,1-4H3. The molecule has 0 radical (unpaired) electrons. The molecule has 1 aromatic heterocycles. The molecule has 1 aromatic carbocycles. The Kier molecular flexibility index (Phi) is 4.52. The zero-order chi connectivity index (χ0) is 17.4. The smallest absolute Gasteiger partial charge is 0.255 e. The van der Waals surface area contributed by atoms with Crippen molar-refractivity contribution in [1.82, 2.24) is 4.90 Å². The quantitative estimate of drug-likeness (QED) is 0.857. The minimum absolute atomic E-state index is 0.0211. The number of carbonyl (C=O) groups excluding carboxylic acids is 1. The van der Waals surface area contributed by atoms with Crippen LogP contribution in [0.5, 0.6) is 0 Å². The fourth-order valence-electron chi connectivity index (χ4n) is 2.36. The van der Waals surface area contributed by atoms with E-state index in [-0.39, 0.29) is 23.8 Å². The molecule has 2 aromatic rings. The number of hydrogen-bond acceptors (Lipinski definition) is 4. The summed E-state index contributed by atoms with van der Waals surface area (Å²) in [6, 6.07) is 4.11. The molecule has 0 N–H and O–H groups in total. The van der Waals surface area contributed by atoms with Gasteiger partial charge in [-0.05, 0) is 39.0 Å².